The summed E-state index contributed by atoms with van der Waals surface area (Å²) >= 11 is 0. The van der Waals surface area contributed by atoms with Crippen LogP contribution in [0.4, 0.5) is 0 Å². The maximum absolute atomic E-state index is 6.90. The molecule has 0 bridgehead atoms. The zero-order valence-electron chi connectivity index (χ0n) is 37.1. The van der Waals surface area contributed by atoms with E-state index in [4.69, 9.17) is 47.4 Å². The van der Waals surface area contributed by atoms with Gasteiger partial charge in [-0.1, -0.05) is 182 Å². The van der Waals surface area contributed by atoms with Gasteiger partial charge in [0.25, 0.3) is 0 Å². The molecule has 10 atom stereocenters. The zero-order chi connectivity index (χ0) is 44.5. The maximum Gasteiger partial charge on any atom is 0.186 e. The molecule has 2 aliphatic rings. The summed E-state index contributed by atoms with van der Waals surface area (Å²) in [5.74, 6) is 0. The van der Waals surface area contributed by atoms with Crippen molar-refractivity contribution in [3.8, 4) is 0 Å². The SMILES string of the molecule is CO[C@H]1O[C@H](CO[C@H]2O[C@H](C)[C@H](OCc3ccccc3)[C@@H](OCc3ccccc3)[C@H]2OCc2ccccc2)[C@@H](OCc2ccccc2)[C@H](OCc2ccccc2)[C@H]1OCc1ccccc1. The molecule has 0 saturated carbocycles. The standard InChI is InChI=1S/C55H60O10/c1-40-48(57-33-41-21-9-3-10-22-41)50(59-35-43-25-13-5-14-26-43)53(62-38-46-31-19-8-20-32-46)55(64-40)63-39-47-49(58-34-42-23-11-4-12-24-42)51(60-36-44-27-15-6-16-28-44)52(54(56-2)65-47)61-37-45-29-17-7-18-30-45/h3-32,40,47-55H,33-39H2,1-2H3/t40-,47-,48+,49-,50-,51+,52-,53-,54+,55+/m1/s1. The van der Waals surface area contributed by atoms with E-state index >= 15 is 0 Å². The van der Waals surface area contributed by atoms with Crippen molar-refractivity contribution in [1.29, 1.82) is 0 Å². The minimum atomic E-state index is -0.888. The topological polar surface area (TPSA) is 92.3 Å². The van der Waals surface area contributed by atoms with Gasteiger partial charge >= 0.3 is 0 Å². The molecule has 10 nitrogen and oxygen atoms in total. The van der Waals surface area contributed by atoms with E-state index in [1.54, 1.807) is 7.11 Å². The molecule has 2 saturated heterocycles. The molecule has 8 rings (SSSR count). The fourth-order valence-electron chi connectivity index (χ4n) is 8.26. The lowest BCUT2D eigenvalue weighted by Crippen LogP contribution is -2.63. The van der Waals surface area contributed by atoms with E-state index in [0.717, 1.165) is 33.4 Å². The maximum atomic E-state index is 6.90. The quantitative estimate of drug-likeness (QED) is 0.0657. The number of ether oxygens (including phenoxy) is 10. The summed E-state index contributed by atoms with van der Waals surface area (Å²) in [6, 6.07) is 60.4. The highest BCUT2D eigenvalue weighted by molar-refractivity contribution is 5.18. The Kier molecular flexibility index (Phi) is 17.5. The second-order valence-electron chi connectivity index (χ2n) is 16.4. The summed E-state index contributed by atoms with van der Waals surface area (Å²) in [5.41, 5.74) is 6.09. The van der Waals surface area contributed by atoms with Crippen LogP contribution >= 0.6 is 0 Å². The van der Waals surface area contributed by atoms with Crippen molar-refractivity contribution in [2.45, 2.75) is 108 Å². The largest absolute Gasteiger partial charge is 0.368 e. The minimum Gasteiger partial charge on any atom is -0.368 e. The number of benzene rings is 6. The van der Waals surface area contributed by atoms with Crippen LogP contribution in [0.3, 0.4) is 0 Å². The molecule has 6 aromatic carbocycles. The fraction of sp³-hybridized carbons (Fsp3) is 0.345. The van der Waals surface area contributed by atoms with Crippen molar-refractivity contribution >= 4 is 0 Å². The van der Waals surface area contributed by atoms with Crippen LogP contribution in [-0.4, -0.2) is 75.1 Å². The van der Waals surface area contributed by atoms with E-state index in [9.17, 15) is 0 Å². The second-order valence-corrected chi connectivity index (χ2v) is 16.4. The molecule has 10 heteroatoms. The number of rotatable bonds is 22. The number of hydrogen-bond acceptors (Lipinski definition) is 10. The van der Waals surface area contributed by atoms with Crippen molar-refractivity contribution in [2.75, 3.05) is 13.7 Å². The molecule has 340 valence electrons. The van der Waals surface area contributed by atoms with E-state index < -0.39 is 61.4 Å². The molecule has 0 amide bonds. The van der Waals surface area contributed by atoms with E-state index in [-0.39, 0.29) is 6.61 Å². The third kappa shape index (κ3) is 13.3. The molecule has 0 N–H and O–H groups in total. The van der Waals surface area contributed by atoms with Crippen LogP contribution in [0.1, 0.15) is 40.3 Å². The molecule has 2 heterocycles. The molecule has 0 radical (unpaired) electrons. The highest BCUT2D eigenvalue weighted by Gasteiger charge is 2.51. The summed E-state index contributed by atoms with van der Waals surface area (Å²) in [7, 11) is 1.62. The summed E-state index contributed by atoms with van der Waals surface area (Å²) in [5, 5.41) is 0. The highest BCUT2D eigenvalue weighted by atomic mass is 16.7. The van der Waals surface area contributed by atoms with Gasteiger partial charge in [-0.15, -0.1) is 0 Å². The van der Waals surface area contributed by atoms with Gasteiger partial charge in [-0.2, -0.15) is 0 Å². The van der Waals surface area contributed by atoms with Crippen LogP contribution in [0.25, 0.3) is 0 Å². The lowest BCUT2D eigenvalue weighted by Gasteiger charge is -2.47. The summed E-state index contributed by atoms with van der Waals surface area (Å²) < 4.78 is 67.4. The Morgan fingerprint density at radius 3 is 0.969 bits per heavy atom. The van der Waals surface area contributed by atoms with Crippen molar-refractivity contribution < 1.29 is 47.4 Å². The van der Waals surface area contributed by atoms with Gasteiger partial charge in [-0.05, 0) is 40.3 Å². The molecule has 65 heavy (non-hydrogen) atoms. The Morgan fingerprint density at radius 2 is 0.615 bits per heavy atom. The van der Waals surface area contributed by atoms with E-state index in [1.165, 1.54) is 0 Å². The van der Waals surface area contributed by atoms with Gasteiger partial charge in [-0.3, -0.25) is 0 Å². The molecule has 0 spiro atoms. The molecule has 0 aliphatic carbocycles. The lowest BCUT2D eigenvalue weighted by molar-refractivity contribution is -0.347. The predicted molar refractivity (Wildman–Crippen MR) is 246 cm³/mol. The Bertz CT molecular complexity index is 2200. The Morgan fingerprint density at radius 1 is 0.323 bits per heavy atom. The van der Waals surface area contributed by atoms with Crippen LogP contribution in [0.2, 0.25) is 0 Å². The molecular weight excluding hydrogens is 821 g/mol. The van der Waals surface area contributed by atoms with Crippen molar-refractivity contribution in [2.24, 2.45) is 0 Å². The molecule has 0 aromatic heterocycles. The molecule has 2 fully saturated rings. The van der Waals surface area contributed by atoms with Crippen LogP contribution in [0, 0.1) is 0 Å². The Balaban J connectivity index is 1.09. The Hall–Kier alpha value is -5.08. The monoisotopic (exact) mass is 880 g/mol. The van der Waals surface area contributed by atoms with Gasteiger partial charge in [0.1, 0.15) is 42.7 Å². The zero-order valence-corrected chi connectivity index (χ0v) is 37.1. The van der Waals surface area contributed by atoms with Crippen molar-refractivity contribution in [3.63, 3.8) is 0 Å². The van der Waals surface area contributed by atoms with E-state index in [0.29, 0.717) is 39.6 Å². The third-order valence-electron chi connectivity index (χ3n) is 11.7. The second kappa shape index (κ2) is 24.4. The average Bonchev–Trinajstić information content (AvgIpc) is 3.36. The first-order valence-corrected chi connectivity index (χ1v) is 22.5. The summed E-state index contributed by atoms with van der Waals surface area (Å²) in [6.07, 6.45) is -6.59. The van der Waals surface area contributed by atoms with Gasteiger partial charge in [0.2, 0.25) is 0 Å². The summed E-state index contributed by atoms with van der Waals surface area (Å²) in [6.45, 7) is 3.97. The van der Waals surface area contributed by atoms with Gasteiger partial charge < -0.3 is 47.4 Å². The molecular formula is C55H60O10. The average molecular weight is 881 g/mol. The smallest absolute Gasteiger partial charge is 0.186 e. The molecule has 0 unspecified atom stereocenters. The summed E-state index contributed by atoms with van der Waals surface area (Å²) in [4.78, 5) is 0. The van der Waals surface area contributed by atoms with Gasteiger partial charge in [0, 0.05) is 7.11 Å². The minimum absolute atomic E-state index is 0.0411. The normalized spacial score (nSPS) is 25.6. The van der Waals surface area contributed by atoms with Crippen LogP contribution in [0.5, 0.6) is 0 Å². The third-order valence-corrected chi connectivity index (χ3v) is 11.7. The lowest BCUT2D eigenvalue weighted by atomic mass is 9.97. The van der Waals surface area contributed by atoms with Crippen LogP contribution in [-0.2, 0) is 87.0 Å². The first kappa shape index (κ1) is 46.4. The predicted octanol–water partition coefficient (Wildman–Crippen LogP) is 9.63. The first-order chi connectivity index (χ1) is 32.1. The Labute approximate surface area is 383 Å². The number of hydrogen-bond donors (Lipinski definition) is 0. The van der Waals surface area contributed by atoms with Crippen molar-refractivity contribution in [3.05, 3.63) is 215 Å². The van der Waals surface area contributed by atoms with Crippen LogP contribution in [0.15, 0.2) is 182 Å². The van der Waals surface area contributed by atoms with Gasteiger partial charge in [-0.25, -0.2) is 0 Å². The van der Waals surface area contributed by atoms with E-state index in [2.05, 4.69) is 0 Å². The van der Waals surface area contributed by atoms with Crippen LogP contribution < -0.4 is 0 Å². The van der Waals surface area contributed by atoms with Crippen molar-refractivity contribution in [1.82, 2.24) is 0 Å². The number of methoxy groups -OCH3 is 1. The first-order valence-electron chi connectivity index (χ1n) is 22.5. The highest BCUT2D eigenvalue weighted by Crippen LogP contribution is 2.34. The fourth-order valence-corrected chi connectivity index (χ4v) is 8.26. The van der Waals surface area contributed by atoms with Gasteiger partial charge in [0.15, 0.2) is 12.6 Å². The van der Waals surface area contributed by atoms with E-state index in [1.807, 2.05) is 189 Å². The van der Waals surface area contributed by atoms with Gasteiger partial charge in [0.05, 0.1) is 52.4 Å². The molecule has 6 aromatic rings. The molecule has 2 aliphatic heterocycles.